The number of nitrogens with two attached hydrogens (primary N) is 1. The fraction of sp³-hybridized carbons (Fsp3) is 0.889. The van der Waals surface area contributed by atoms with E-state index in [-0.39, 0.29) is 12.5 Å². The summed E-state index contributed by atoms with van der Waals surface area (Å²) in [6, 6.07) is 0.296. The van der Waals surface area contributed by atoms with Gasteiger partial charge in [0.15, 0.2) is 0 Å². The van der Waals surface area contributed by atoms with Gasteiger partial charge in [-0.3, -0.25) is 15.1 Å². The third-order valence-electron chi connectivity index (χ3n) is 2.37. The molecule has 0 aromatic rings. The number of nitrogens with zero attached hydrogens (tertiary/aromatic N) is 1. The van der Waals surface area contributed by atoms with E-state index in [9.17, 15) is 4.79 Å². The first-order chi connectivity index (χ1) is 6.65. The highest BCUT2D eigenvalue weighted by atomic mass is 16.3. The number of amides is 1. The molecular formula is C9H21N3O2. The fourth-order valence-electron chi connectivity index (χ4n) is 1.41. The number of hydrazine groups is 1. The molecule has 0 aromatic carbocycles. The maximum atomic E-state index is 10.9. The summed E-state index contributed by atoms with van der Waals surface area (Å²) >= 11 is 0. The molecule has 14 heavy (non-hydrogen) atoms. The minimum absolute atomic E-state index is 0.142. The van der Waals surface area contributed by atoms with Crippen LogP contribution in [0.5, 0.6) is 0 Å². The molecule has 0 fully saturated rings. The van der Waals surface area contributed by atoms with Gasteiger partial charge in [-0.2, -0.15) is 0 Å². The molecule has 0 aliphatic heterocycles. The van der Waals surface area contributed by atoms with Crippen LogP contribution in [0.2, 0.25) is 0 Å². The van der Waals surface area contributed by atoms with Gasteiger partial charge in [-0.15, -0.1) is 0 Å². The maximum Gasteiger partial charge on any atom is 0.233 e. The topological polar surface area (TPSA) is 78.6 Å². The van der Waals surface area contributed by atoms with Gasteiger partial charge in [-0.05, 0) is 19.9 Å². The summed E-state index contributed by atoms with van der Waals surface area (Å²) in [6.45, 7) is 5.77. The molecule has 0 spiro atoms. The number of rotatable bonds is 7. The van der Waals surface area contributed by atoms with Crippen molar-refractivity contribution in [3.63, 3.8) is 0 Å². The number of carbonyl (C=O) groups is 1. The molecule has 0 saturated heterocycles. The first kappa shape index (κ1) is 13.4. The Bertz CT molecular complexity index is 164. The summed E-state index contributed by atoms with van der Waals surface area (Å²) in [5.41, 5.74) is 2.10. The highest BCUT2D eigenvalue weighted by Gasteiger charge is 2.12. The van der Waals surface area contributed by atoms with Gasteiger partial charge < -0.3 is 5.11 Å². The third-order valence-corrected chi connectivity index (χ3v) is 2.37. The van der Waals surface area contributed by atoms with Crippen LogP contribution in [0.1, 0.15) is 26.7 Å². The molecule has 0 bridgehead atoms. The van der Waals surface area contributed by atoms with Crippen molar-refractivity contribution in [3.8, 4) is 0 Å². The number of aliphatic hydroxyl groups is 1. The van der Waals surface area contributed by atoms with Crippen LogP contribution < -0.4 is 11.3 Å². The monoisotopic (exact) mass is 203 g/mol. The van der Waals surface area contributed by atoms with Crippen LogP contribution in [-0.2, 0) is 4.79 Å². The van der Waals surface area contributed by atoms with Gasteiger partial charge in [0.2, 0.25) is 5.91 Å². The van der Waals surface area contributed by atoms with Crippen molar-refractivity contribution in [2.45, 2.75) is 32.7 Å². The van der Waals surface area contributed by atoms with Crippen LogP contribution >= 0.6 is 0 Å². The summed E-state index contributed by atoms with van der Waals surface area (Å²) in [6.07, 6.45) is 1.19. The molecule has 4 N–H and O–H groups in total. The summed E-state index contributed by atoms with van der Waals surface area (Å²) in [4.78, 5) is 13.0. The lowest BCUT2D eigenvalue weighted by Crippen LogP contribution is -2.37. The summed E-state index contributed by atoms with van der Waals surface area (Å²) in [5, 5.41) is 8.80. The second-order valence-electron chi connectivity index (χ2n) is 3.31. The normalized spacial score (nSPS) is 12.9. The Kier molecular flexibility index (Phi) is 7.37. The smallest absolute Gasteiger partial charge is 0.233 e. The van der Waals surface area contributed by atoms with Crippen molar-refractivity contribution in [1.29, 1.82) is 0 Å². The first-order valence-corrected chi connectivity index (χ1v) is 5.00. The Morgan fingerprint density at radius 2 is 2.29 bits per heavy atom. The van der Waals surface area contributed by atoms with E-state index in [1.165, 1.54) is 0 Å². The molecule has 0 heterocycles. The van der Waals surface area contributed by atoms with E-state index in [2.05, 4.69) is 10.3 Å². The summed E-state index contributed by atoms with van der Waals surface area (Å²) in [7, 11) is 0. The maximum absolute atomic E-state index is 10.9. The van der Waals surface area contributed by atoms with Crippen LogP contribution in [0.3, 0.4) is 0 Å². The number of carbonyl (C=O) groups excluding carboxylic acids is 1. The third kappa shape index (κ3) is 5.16. The standard InChI is InChI=1S/C9H21N3O2/c1-3-12(6-7-13)8(2)4-5-9(14)11-10/h8,13H,3-7,10H2,1-2H3,(H,11,14). The van der Waals surface area contributed by atoms with Crippen LogP contribution in [0, 0.1) is 0 Å². The lowest BCUT2D eigenvalue weighted by atomic mass is 10.1. The van der Waals surface area contributed by atoms with Crippen molar-refractivity contribution in [2.24, 2.45) is 5.84 Å². The average molecular weight is 203 g/mol. The SMILES string of the molecule is CCN(CCO)C(C)CCC(=O)NN. The van der Waals surface area contributed by atoms with Gasteiger partial charge in [0.05, 0.1) is 6.61 Å². The number of hydrogen-bond acceptors (Lipinski definition) is 4. The highest BCUT2D eigenvalue weighted by Crippen LogP contribution is 2.05. The number of hydrogen-bond donors (Lipinski definition) is 3. The fourth-order valence-corrected chi connectivity index (χ4v) is 1.41. The lowest BCUT2D eigenvalue weighted by molar-refractivity contribution is -0.121. The molecular weight excluding hydrogens is 182 g/mol. The Labute approximate surface area is 85.2 Å². The molecule has 0 aliphatic rings. The van der Waals surface area contributed by atoms with E-state index in [0.717, 1.165) is 13.0 Å². The Morgan fingerprint density at radius 3 is 2.71 bits per heavy atom. The van der Waals surface area contributed by atoms with Gasteiger partial charge in [0, 0.05) is 19.0 Å². The van der Waals surface area contributed by atoms with Gasteiger partial charge >= 0.3 is 0 Å². The lowest BCUT2D eigenvalue weighted by Gasteiger charge is -2.26. The van der Waals surface area contributed by atoms with Crippen molar-refractivity contribution in [2.75, 3.05) is 19.7 Å². The zero-order chi connectivity index (χ0) is 11.0. The van der Waals surface area contributed by atoms with Gasteiger partial charge in [-0.1, -0.05) is 6.92 Å². The molecule has 0 aliphatic carbocycles. The Balaban J connectivity index is 3.79. The predicted octanol–water partition coefficient (Wildman–Crippen LogP) is -0.541. The predicted molar refractivity (Wildman–Crippen MR) is 55.4 cm³/mol. The largest absolute Gasteiger partial charge is 0.395 e. The second-order valence-corrected chi connectivity index (χ2v) is 3.31. The van der Waals surface area contributed by atoms with Crippen molar-refractivity contribution < 1.29 is 9.90 Å². The molecule has 5 heteroatoms. The van der Waals surface area contributed by atoms with E-state index >= 15 is 0 Å². The average Bonchev–Trinajstić information content (AvgIpc) is 2.21. The molecule has 0 rings (SSSR count). The molecule has 0 radical (unpaired) electrons. The second kappa shape index (κ2) is 7.73. The zero-order valence-electron chi connectivity index (χ0n) is 8.99. The van der Waals surface area contributed by atoms with E-state index in [0.29, 0.717) is 19.0 Å². The number of aliphatic hydroxyl groups excluding tert-OH is 1. The Morgan fingerprint density at radius 1 is 1.64 bits per heavy atom. The van der Waals surface area contributed by atoms with Crippen LogP contribution in [0.25, 0.3) is 0 Å². The van der Waals surface area contributed by atoms with E-state index in [1.807, 2.05) is 13.8 Å². The number of nitrogens with one attached hydrogen (secondary N) is 1. The van der Waals surface area contributed by atoms with Crippen molar-refractivity contribution in [1.82, 2.24) is 10.3 Å². The van der Waals surface area contributed by atoms with Crippen molar-refractivity contribution >= 4 is 5.91 Å². The van der Waals surface area contributed by atoms with E-state index < -0.39 is 0 Å². The summed E-state index contributed by atoms with van der Waals surface area (Å²) < 4.78 is 0. The molecule has 0 saturated carbocycles. The highest BCUT2D eigenvalue weighted by molar-refractivity contribution is 5.75. The summed E-state index contributed by atoms with van der Waals surface area (Å²) in [5.74, 6) is 4.83. The van der Waals surface area contributed by atoms with E-state index in [4.69, 9.17) is 10.9 Å². The molecule has 1 unspecified atom stereocenters. The van der Waals surface area contributed by atoms with Crippen LogP contribution in [0.15, 0.2) is 0 Å². The van der Waals surface area contributed by atoms with Crippen LogP contribution in [-0.4, -0.2) is 41.7 Å². The van der Waals surface area contributed by atoms with E-state index in [1.54, 1.807) is 0 Å². The molecule has 84 valence electrons. The van der Waals surface area contributed by atoms with Gasteiger partial charge in [0.25, 0.3) is 0 Å². The molecule has 0 aromatic heterocycles. The Hall–Kier alpha value is -0.650. The quantitative estimate of drug-likeness (QED) is 0.295. The van der Waals surface area contributed by atoms with Gasteiger partial charge in [-0.25, -0.2) is 5.84 Å². The van der Waals surface area contributed by atoms with Crippen molar-refractivity contribution in [3.05, 3.63) is 0 Å². The minimum atomic E-state index is -0.142. The van der Waals surface area contributed by atoms with Crippen LogP contribution in [0.4, 0.5) is 0 Å². The molecule has 5 nitrogen and oxygen atoms in total. The number of likely N-dealkylation sites (N-methyl/N-ethyl adjacent to an activating group) is 1. The van der Waals surface area contributed by atoms with Gasteiger partial charge in [0.1, 0.15) is 0 Å². The first-order valence-electron chi connectivity index (χ1n) is 5.00. The molecule has 1 atom stereocenters. The minimum Gasteiger partial charge on any atom is -0.395 e. The zero-order valence-corrected chi connectivity index (χ0v) is 8.99. The molecule has 1 amide bonds.